The van der Waals surface area contributed by atoms with Crippen LogP contribution in [0.25, 0.3) is 0 Å². The van der Waals surface area contributed by atoms with Crippen molar-refractivity contribution < 1.29 is 0 Å². The van der Waals surface area contributed by atoms with Gasteiger partial charge in [-0.3, -0.25) is 4.98 Å². The average molecular weight is 334 g/mol. The third-order valence-electron chi connectivity index (χ3n) is 3.39. The number of rotatable bonds is 6. The molecule has 0 atom stereocenters. The minimum atomic E-state index is 0.765. The number of benzene rings is 1. The van der Waals surface area contributed by atoms with E-state index in [1.165, 1.54) is 11.1 Å². The summed E-state index contributed by atoms with van der Waals surface area (Å²) in [6.07, 6.45) is 4.53. The monoisotopic (exact) mass is 333 g/mol. The Balaban J connectivity index is 1.80. The van der Waals surface area contributed by atoms with Crippen molar-refractivity contribution in [1.29, 1.82) is 0 Å². The topological polar surface area (TPSA) is 28.2 Å². The fourth-order valence-electron chi connectivity index (χ4n) is 2.11. The van der Waals surface area contributed by atoms with Crippen molar-refractivity contribution in [3.8, 4) is 0 Å². The second-order valence-corrected chi connectivity index (χ2v) is 5.80. The van der Waals surface area contributed by atoms with Crippen LogP contribution in [0.5, 0.6) is 0 Å². The Morgan fingerprint density at radius 3 is 2.45 bits per heavy atom. The van der Waals surface area contributed by atoms with Crippen molar-refractivity contribution in [2.75, 3.05) is 13.1 Å². The SMILES string of the molecule is CCN(Cc1ccncc1)C(=S)NCCc1ccc(Cl)cc1. The lowest BCUT2D eigenvalue weighted by molar-refractivity contribution is 0.427. The standard InChI is InChI=1S/C17H20ClN3S/c1-2-21(13-15-7-10-19-11-8-15)17(22)20-12-9-14-3-5-16(18)6-4-14/h3-8,10-11H,2,9,12-13H2,1H3,(H,20,22). The quantitative estimate of drug-likeness (QED) is 0.816. The fraction of sp³-hybridized carbons (Fsp3) is 0.294. The first kappa shape index (κ1) is 16.7. The van der Waals surface area contributed by atoms with Crippen molar-refractivity contribution in [3.05, 3.63) is 64.9 Å². The molecule has 2 aromatic rings. The molecule has 1 N–H and O–H groups in total. The van der Waals surface area contributed by atoms with Crippen LogP contribution in [-0.4, -0.2) is 28.1 Å². The molecule has 0 bridgehead atoms. The van der Waals surface area contributed by atoms with Gasteiger partial charge in [0.05, 0.1) is 0 Å². The van der Waals surface area contributed by atoms with Gasteiger partial charge in [0.2, 0.25) is 0 Å². The van der Waals surface area contributed by atoms with Gasteiger partial charge < -0.3 is 10.2 Å². The number of thiocarbonyl (C=S) groups is 1. The molecule has 0 aliphatic rings. The Morgan fingerprint density at radius 1 is 1.14 bits per heavy atom. The maximum absolute atomic E-state index is 5.89. The van der Waals surface area contributed by atoms with Crippen LogP contribution >= 0.6 is 23.8 Å². The van der Waals surface area contributed by atoms with Crippen LogP contribution in [-0.2, 0) is 13.0 Å². The van der Waals surface area contributed by atoms with Gasteiger partial charge >= 0.3 is 0 Å². The van der Waals surface area contributed by atoms with Gasteiger partial charge in [0.15, 0.2) is 5.11 Å². The van der Waals surface area contributed by atoms with E-state index >= 15 is 0 Å². The Hall–Kier alpha value is -1.65. The van der Waals surface area contributed by atoms with Gasteiger partial charge in [-0.2, -0.15) is 0 Å². The first-order valence-electron chi connectivity index (χ1n) is 7.35. The zero-order valence-electron chi connectivity index (χ0n) is 12.6. The van der Waals surface area contributed by atoms with Crippen LogP contribution in [0, 0.1) is 0 Å². The molecule has 5 heteroatoms. The largest absolute Gasteiger partial charge is 0.362 e. The summed E-state index contributed by atoms with van der Waals surface area (Å²) in [5.41, 5.74) is 2.45. The third kappa shape index (κ3) is 5.28. The summed E-state index contributed by atoms with van der Waals surface area (Å²) in [5.74, 6) is 0. The molecule has 0 aliphatic carbocycles. The van der Waals surface area contributed by atoms with E-state index in [4.69, 9.17) is 23.8 Å². The molecule has 1 aromatic carbocycles. The van der Waals surface area contributed by atoms with Crippen molar-refractivity contribution in [2.24, 2.45) is 0 Å². The molecule has 0 amide bonds. The number of aromatic nitrogens is 1. The Kier molecular flexibility index (Phi) is 6.62. The molecule has 0 saturated carbocycles. The van der Waals surface area contributed by atoms with Crippen molar-refractivity contribution in [1.82, 2.24) is 15.2 Å². The normalized spacial score (nSPS) is 10.3. The number of pyridine rings is 1. The lowest BCUT2D eigenvalue weighted by Gasteiger charge is -2.24. The number of halogens is 1. The van der Waals surface area contributed by atoms with Crippen molar-refractivity contribution >= 4 is 28.9 Å². The van der Waals surface area contributed by atoms with Crippen LogP contribution in [0.2, 0.25) is 5.02 Å². The maximum Gasteiger partial charge on any atom is 0.169 e. The maximum atomic E-state index is 5.89. The van der Waals surface area contributed by atoms with Gasteiger partial charge in [0, 0.05) is 37.1 Å². The van der Waals surface area contributed by atoms with E-state index in [-0.39, 0.29) is 0 Å². The summed E-state index contributed by atoms with van der Waals surface area (Å²) in [4.78, 5) is 6.18. The van der Waals surface area contributed by atoms with Gasteiger partial charge in [-0.25, -0.2) is 0 Å². The van der Waals surface area contributed by atoms with Crippen LogP contribution < -0.4 is 5.32 Å². The summed E-state index contributed by atoms with van der Waals surface area (Å²) in [6.45, 7) is 4.59. The predicted octanol–water partition coefficient (Wildman–Crippen LogP) is 3.67. The molecule has 0 unspecified atom stereocenters. The molecule has 2 rings (SSSR count). The average Bonchev–Trinajstić information content (AvgIpc) is 2.55. The molecular formula is C17H20ClN3S. The lowest BCUT2D eigenvalue weighted by atomic mass is 10.1. The molecule has 22 heavy (non-hydrogen) atoms. The Bertz CT molecular complexity index is 587. The van der Waals surface area contributed by atoms with Gasteiger partial charge in [-0.1, -0.05) is 23.7 Å². The molecule has 0 spiro atoms. The highest BCUT2D eigenvalue weighted by atomic mass is 35.5. The number of nitrogens with zero attached hydrogens (tertiary/aromatic N) is 2. The highest BCUT2D eigenvalue weighted by Crippen LogP contribution is 2.09. The minimum Gasteiger partial charge on any atom is -0.362 e. The van der Waals surface area contributed by atoms with E-state index in [0.29, 0.717) is 0 Å². The van der Waals surface area contributed by atoms with Gasteiger partial charge in [0.25, 0.3) is 0 Å². The van der Waals surface area contributed by atoms with E-state index in [9.17, 15) is 0 Å². The van der Waals surface area contributed by atoms with E-state index in [1.807, 2.05) is 36.4 Å². The van der Waals surface area contributed by atoms with Crippen LogP contribution in [0.15, 0.2) is 48.8 Å². The van der Waals surface area contributed by atoms with E-state index in [0.717, 1.165) is 36.2 Å². The van der Waals surface area contributed by atoms with Gasteiger partial charge in [-0.15, -0.1) is 0 Å². The number of nitrogens with one attached hydrogen (secondary N) is 1. The van der Waals surface area contributed by atoms with E-state index in [1.54, 1.807) is 12.4 Å². The predicted molar refractivity (Wildman–Crippen MR) is 96.1 cm³/mol. The first-order valence-corrected chi connectivity index (χ1v) is 8.13. The summed E-state index contributed by atoms with van der Waals surface area (Å²) < 4.78 is 0. The zero-order chi connectivity index (χ0) is 15.8. The molecule has 0 radical (unpaired) electrons. The Labute approximate surface area is 142 Å². The number of hydrogen-bond donors (Lipinski definition) is 1. The van der Waals surface area contributed by atoms with Crippen molar-refractivity contribution in [3.63, 3.8) is 0 Å². The molecule has 1 heterocycles. The fourth-order valence-corrected chi connectivity index (χ4v) is 2.53. The van der Waals surface area contributed by atoms with Crippen LogP contribution in [0.1, 0.15) is 18.1 Å². The summed E-state index contributed by atoms with van der Waals surface area (Å²) in [6, 6.07) is 11.9. The lowest BCUT2D eigenvalue weighted by Crippen LogP contribution is -2.40. The third-order valence-corrected chi connectivity index (χ3v) is 4.05. The summed E-state index contributed by atoms with van der Waals surface area (Å²) >= 11 is 11.4. The smallest absolute Gasteiger partial charge is 0.169 e. The second-order valence-electron chi connectivity index (χ2n) is 4.98. The molecule has 3 nitrogen and oxygen atoms in total. The molecule has 1 aromatic heterocycles. The highest BCUT2D eigenvalue weighted by molar-refractivity contribution is 7.80. The molecule has 116 valence electrons. The molecule has 0 fully saturated rings. The highest BCUT2D eigenvalue weighted by Gasteiger charge is 2.07. The summed E-state index contributed by atoms with van der Waals surface area (Å²) in [7, 11) is 0. The molecule has 0 saturated heterocycles. The van der Waals surface area contributed by atoms with E-state index in [2.05, 4.69) is 22.1 Å². The van der Waals surface area contributed by atoms with Crippen LogP contribution in [0.4, 0.5) is 0 Å². The van der Waals surface area contributed by atoms with E-state index < -0.39 is 0 Å². The molecular weight excluding hydrogens is 314 g/mol. The van der Waals surface area contributed by atoms with Gasteiger partial charge in [0.1, 0.15) is 0 Å². The number of hydrogen-bond acceptors (Lipinski definition) is 2. The minimum absolute atomic E-state index is 0.765. The Morgan fingerprint density at radius 2 is 1.82 bits per heavy atom. The first-order chi connectivity index (χ1) is 10.7. The second kappa shape index (κ2) is 8.71. The van der Waals surface area contributed by atoms with Crippen LogP contribution in [0.3, 0.4) is 0 Å². The zero-order valence-corrected chi connectivity index (χ0v) is 14.2. The molecule has 0 aliphatic heterocycles. The summed E-state index contributed by atoms with van der Waals surface area (Å²) in [5, 5.41) is 4.88. The van der Waals surface area contributed by atoms with Gasteiger partial charge in [-0.05, 0) is 61.0 Å². The van der Waals surface area contributed by atoms with Crippen molar-refractivity contribution in [2.45, 2.75) is 19.9 Å².